The Morgan fingerprint density at radius 2 is 1.95 bits per heavy atom. The Morgan fingerprint density at radius 1 is 1.25 bits per heavy atom. The highest BCUT2D eigenvalue weighted by Crippen LogP contribution is 2.23. The molecular weight excluding hydrogens is 272 g/mol. The van der Waals surface area contributed by atoms with E-state index in [9.17, 15) is 9.59 Å². The molecule has 0 saturated carbocycles. The molecule has 0 aromatic heterocycles. The Kier molecular flexibility index (Phi) is 5.06. The molecule has 1 fully saturated rings. The van der Waals surface area contributed by atoms with Crippen LogP contribution in [0.25, 0.3) is 0 Å². The minimum Gasteiger partial charge on any atom is -0.342 e. The molecule has 0 radical (unpaired) electrons. The number of carbonyl (C=O) groups is 2. The van der Waals surface area contributed by atoms with E-state index in [4.69, 9.17) is 0 Å². The molecule has 1 heterocycles. The minimum absolute atomic E-state index is 0.153. The second kappa shape index (κ2) is 6.79. The summed E-state index contributed by atoms with van der Waals surface area (Å²) in [6.07, 6.45) is 0.853. The summed E-state index contributed by atoms with van der Waals surface area (Å²) in [5.74, 6) is 0.617. The van der Waals surface area contributed by atoms with E-state index < -0.39 is 0 Å². The molecule has 1 aliphatic rings. The number of rotatable bonds is 4. The number of thioether (sulfide) groups is 1. The lowest BCUT2D eigenvalue weighted by Crippen LogP contribution is -2.48. The lowest BCUT2D eigenvalue weighted by Gasteiger charge is -2.32. The maximum absolute atomic E-state index is 12.1. The number of nitrogens with zero attached hydrogens (tertiary/aromatic N) is 2. The van der Waals surface area contributed by atoms with Gasteiger partial charge in [-0.25, -0.2) is 0 Å². The Labute approximate surface area is 124 Å². The van der Waals surface area contributed by atoms with Gasteiger partial charge in [0.1, 0.15) is 0 Å². The van der Waals surface area contributed by atoms with E-state index >= 15 is 0 Å². The topological polar surface area (TPSA) is 40.6 Å². The molecule has 0 atom stereocenters. The van der Waals surface area contributed by atoms with Crippen LogP contribution in [0.15, 0.2) is 23.1 Å². The van der Waals surface area contributed by atoms with Gasteiger partial charge in [0.2, 0.25) is 12.3 Å². The molecule has 0 spiro atoms. The van der Waals surface area contributed by atoms with Crippen LogP contribution in [0.5, 0.6) is 0 Å². The third-order valence-corrected chi connectivity index (χ3v) is 4.66. The highest BCUT2D eigenvalue weighted by Gasteiger charge is 2.20. The number of hydrogen-bond acceptors (Lipinski definition) is 3. The van der Waals surface area contributed by atoms with Gasteiger partial charge in [0.05, 0.1) is 5.75 Å². The second-order valence-electron chi connectivity index (χ2n) is 5.08. The van der Waals surface area contributed by atoms with Crippen LogP contribution < -0.4 is 0 Å². The van der Waals surface area contributed by atoms with Gasteiger partial charge in [-0.3, -0.25) is 9.59 Å². The first-order valence-corrected chi connectivity index (χ1v) is 7.76. The zero-order valence-electron chi connectivity index (χ0n) is 12.0. The zero-order valence-corrected chi connectivity index (χ0v) is 12.8. The summed E-state index contributed by atoms with van der Waals surface area (Å²) in [4.78, 5) is 27.5. The van der Waals surface area contributed by atoms with Crippen molar-refractivity contribution in [1.29, 1.82) is 0 Å². The van der Waals surface area contributed by atoms with Crippen molar-refractivity contribution < 1.29 is 9.59 Å². The quantitative estimate of drug-likeness (QED) is 0.626. The molecule has 2 rings (SSSR count). The van der Waals surface area contributed by atoms with Gasteiger partial charge in [0.15, 0.2) is 0 Å². The van der Waals surface area contributed by atoms with E-state index in [1.807, 2.05) is 4.90 Å². The molecule has 0 bridgehead atoms. The van der Waals surface area contributed by atoms with Gasteiger partial charge < -0.3 is 9.80 Å². The molecule has 5 heteroatoms. The van der Waals surface area contributed by atoms with E-state index in [-0.39, 0.29) is 5.91 Å². The largest absolute Gasteiger partial charge is 0.342 e. The standard InChI is InChI=1S/C15H20N2O2S/c1-12-3-4-14(13(2)9-12)20-10-15(19)17-7-5-16(11-18)6-8-17/h3-4,9,11H,5-8,10H2,1-2H3. The van der Waals surface area contributed by atoms with E-state index in [0.29, 0.717) is 31.9 Å². The van der Waals surface area contributed by atoms with Gasteiger partial charge in [0, 0.05) is 31.1 Å². The first kappa shape index (κ1) is 14.9. The van der Waals surface area contributed by atoms with Crippen molar-refractivity contribution >= 4 is 24.1 Å². The van der Waals surface area contributed by atoms with E-state index in [1.165, 1.54) is 11.1 Å². The van der Waals surface area contributed by atoms with Crippen LogP contribution in [0, 0.1) is 13.8 Å². The van der Waals surface area contributed by atoms with Gasteiger partial charge in [-0.05, 0) is 25.5 Å². The van der Waals surface area contributed by atoms with Gasteiger partial charge in [-0.15, -0.1) is 11.8 Å². The average molecular weight is 292 g/mol. The van der Waals surface area contributed by atoms with Crippen molar-refractivity contribution in [2.24, 2.45) is 0 Å². The minimum atomic E-state index is 0.153. The summed E-state index contributed by atoms with van der Waals surface area (Å²) in [5, 5.41) is 0. The fourth-order valence-corrected chi connectivity index (χ4v) is 3.18. The third-order valence-electron chi connectivity index (χ3n) is 3.50. The zero-order chi connectivity index (χ0) is 14.5. The number of aryl methyl sites for hydroxylation is 2. The van der Waals surface area contributed by atoms with Crippen molar-refractivity contribution in [3.63, 3.8) is 0 Å². The Hall–Kier alpha value is -1.49. The lowest BCUT2D eigenvalue weighted by molar-refractivity contribution is -0.132. The summed E-state index contributed by atoms with van der Waals surface area (Å²) >= 11 is 1.59. The summed E-state index contributed by atoms with van der Waals surface area (Å²) in [6, 6.07) is 6.28. The number of hydrogen-bond donors (Lipinski definition) is 0. The Balaban J connectivity index is 1.85. The third kappa shape index (κ3) is 3.76. The number of benzene rings is 1. The number of carbonyl (C=O) groups excluding carboxylic acids is 2. The summed E-state index contributed by atoms with van der Waals surface area (Å²) in [7, 11) is 0. The van der Waals surface area contributed by atoms with E-state index in [1.54, 1.807) is 16.7 Å². The molecule has 1 saturated heterocycles. The average Bonchev–Trinajstić information content (AvgIpc) is 2.46. The molecule has 108 valence electrons. The van der Waals surface area contributed by atoms with Gasteiger partial charge in [-0.2, -0.15) is 0 Å². The predicted octanol–water partition coefficient (Wildman–Crippen LogP) is 1.70. The predicted molar refractivity (Wildman–Crippen MR) is 80.9 cm³/mol. The SMILES string of the molecule is Cc1ccc(SCC(=O)N2CCN(C=O)CC2)c(C)c1. The summed E-state index contributed by atoms with van der Waals surface area (Å²) in [5.41, 5.74) is 2.46. The van der Waals surface area contributed by atoms with Crippen LogP contribution in [0.4, 0.5) is 0 Å². The van der Waals surface area contributed by atoms with Crippen LogP contribution in [-0.2, 0) is 9.59 Å². The molecule has 1 aromatic carbocycles. The molecule has 1 aromatic rings. The van der Waals surface area contributed by atoms with Crippen molar-refractivity contribution in [2.45, 2.75) is 18.7 Å². The van der Waals surface area contributed by atoms with Gasteiger partial charge >= 0.3 is 0 Å². The van der Waals surface area contributed by atoms with Crippen molar-refractivity contribution in [2.75, 3.05) is 31.9 Å². The molecular formula is C15H20N2O2S. The van der Waals surface area contributed by atoms with Crippen LogP contribution >= 0.6 is 11.8 Å². The highest BCUT2D eigenvalue weighted by atomic mass is 32.2. The first-order valence-electron chi connectivity index (χ1n) is 6.77. The van der Waals surface area contributed by atoms with E-state index in [0.717, 1.165) is 11.3 Å². The number of piperazine rings is 1. The van der Waals surface area contributed by atoms with Gasteiger partial charge in [0.25, 0.3) is 0 Å². The molecule has 1 aliphatic heterocycles. The first-order chi connectivity index (χ1) is 9.60. The van der Waals surface area contributed by atoms with Crippen LogP contribution in [0.3, 0.4) is 0 Å². The fraction of sp³-hybridized carbons (Fsp3) is 0.467. The van der Waals surface area contributed by atoms with Crippen LogP contribution in [0.1, 0.15) is 11.1 Å². The molecule has 0 aliphatic carbocycles. The second-order valence-corrected chi connectivity index (χ2v) is 6.10. The van der Waals surface area contributed by atoms with Crippen LogP contribution in [-0.4, -0.2) is 54.0 Å². The number of amides is 2. The smallest absolute Gasteiger partial charge is 0.233 e. The Morgan fingerprint density at radius 3 is 2.55 bits per heavy atom. The van der Waals surface area contributed by atoms with Crippen molar-refractivity contribution in [3.05, 3.63) is 29.3 Å². The van der Waals surface area contributed by atoms with Crippen molar-refractivity contribution in [3.8, 4) is 0 Å². The Bertz CT molecular complexity index is 497. The molecule has 20 heavy (non-hydrogen) atoms. The van der Waals surface area contributed by atoms with Gasteiger partial charge in [-0.1, -0.05) is 17.7 Å². The fourth-order valence-electron chi connectivity index (χ4n) is 2.27. The molecule has 0 N–H and O–H groups in total. The molecule has 4 nitrogen and oxygen atoms in total. The summed E-state index contributed by atoms with van der Waals surface area (Å²) in [6.45, 7) is 6.71. The van der Waals surface area contributed by atoms with Crippen molar-refractivity contribution in [1.82, 2.24) is 9.80 Å². The normalized spacial score (nSPS) is 15.3. The molecule has 2 amide bonds. The van der Waals surface area contributed by atoms with E-state index in [2.05, 4.69) is 32.0 Å². The highest BCUT2D eigenvalue weighted by molar-refractivity contribution is 8.00. The maximum Gasteiger partial charge on any atom is 0.233 e. The lowest BCUT2D eigenvalue weighted by atomic mass is 10.2. The molecule has 0 unspecified atom stereocenters. The van der Waals surface area contributed by atoms with Crippen LogP contribution in [0.2, 0.25) is 0 Å². The maximum atomic E-state index is 12.1. The summed E-state index contributed by atoms with van der Waals surface area (Å²) < 4.78 is 0. The monoisotopic (exact) mass is 292 g/mol.